The van der Waals surface area contributed by atoms with Gasteiger partial charge in [-0.3, -0.25) is 19.4 Å². The predicted octanol–water partition coefficient (Wildman–Crippen LogP) is 2.96. The predicted molar refractivity (Wildman–Crippen MR) is 161 cm³/mol. The van der Waals surface area contributed by atoms with E-state index in [1.807, 2.05) is 42.5 Å². The van der Waals surface area contributed by atoms with Crippen molar-refractivity contribution in [1.29, 1.82) is 0 Å². The van der Waals surface area contributed by atoms with Crippen LogP contribution in [0.5, 0.6) is 17.2 Å². The molecule has 0 spiro atoms. The maximum absolute atomic E-state index is 13.6. The number of aliphatic hydroxyl groups is 1. The number of carbonyl (C=O) groups excluding carboxylic acids is 3. The fourth-order valence-electron chi connectivity index (χ4n) is 5.48. The normalized spacial score (nSPS) is 19.0. The SMILES string of the molecule is COc1ccc2cc1Oc1cccc(c1)CO[C@H]1CCN(C(=O)CCc3ccccn3)C[C@@H]1NC(=O)CN(CCCO)C2=O. The van der Waals surface area contributed by atoms with Crippen molar-refractivity contribution in [2.45, 2.75) is 44.4 Å². The van der Waals surface area contributed by atoms with E-state index in [2.05, 4.69) is 10.3 Å². The van der Waals surface area contributed by atoms with E-state index in [0.29, 0.717) is 55.0 Å². The van der Waals surface area contributed by atoms with Crippen molar-refractivity contribution in [3.05, 3.63) is 83.7 Å². The van der Waals surface area contributed by atoms with E-state index in [1.165, 1.54) is 12.0 Å². The number of hydrogen-bond acceptors (Lipinski definition) is 8. The van der Waals surface area contributed by atoms with Gasteiger partial charge in [-0.05, 0) is 67.3 Å². The van der Waals surface area contributed by atoms with Crippen LogP contribution in [0.1, 0.15) is 40.9 Å². The molecule has 1 aromatic heterocycles. The number of benzene rings is 2. The van der Waals surface area contributed by atoms with E-state index in [4.69, 9.17) is 14.2 Å². The summed E-state index contributed by atoms with van der Waals surface area (Å²) in [7, 11) is 1.52. The molecule has 0 saturated carbocycles. The highest BCUT2D eigenvalue weighted by Crippen LogP contribution is 2.33. The summed E-state index contributed by atoms with van der Waals surface area (Å²) in [6.45, 7) is 0.878. The highest BCUT2D eigenvalue weighted by atomic mass is 16.5. The van der Waals surface area contributed by atoms with Gasteiger partial charge in [-0.25, -0.2) is 0 Å². The topological polar surface area (TPSA) is 131 Å². The minimum Gasteiger partial charge on any atom is -0.493 e. The standard InChI is InChI=1S/C33H38N4O7/c1-42-29-11-9-24-19-30(29)44-26-8-4-6-23(18-26)22-43-28-13-16-36(32(40)12-10-25-7-2-3-14-34-25)20-27(28)35-31(39)21-37(33(24)41)15-5-17-38/h2-4,6-9,11,14,18-19,27-28,38H,5,10,12-13,15-17,20-22H2,1H3,(H,35,39)/t27-,28-/m0/s1. The number of likely N-dealkylation sites (tertiary alicyclic amines) is 1. The number of nitrogens with zero attached hydrogens (tertiary/aromatic N) is 3. The number of carbonyl (C=O) groups is 3. The molecule has 11 nitrogen and oxygen atoms in total. The van der Waals surface area contributed by atoms with Crippen LogP contribution >= 0.6 is 0 Å². The number of piperidine rings is 1. The number of aryl methyl sites for hydroxylation is 1. The van der Waals surface area contributed by atoms with Crippen LogP contribution in [0.2, 0.25) is 0 Å². The lowest BCUT2D eigenvalue weighted by Gasteiger charge is -2.39. The van der Waals surface area contributed by atoms with Crippen molar-refractivity contribution in [1.82, 2.24) is 20.1 Å². The zero-order valence-electron chi connectivity index (χ0n) is 24.8. The van der Waals surface area contributed by atoms with Crippen LogP contribution in [-0.2, 0) is 27.4 Å². The van der Waals surface area contributed by atoms with Crippen LogP contribution in [0.4, 0.5) is 0 Å². The van der Waals surface area contributed by atoms with Crippen molar-refractivity contribution < 1.29 is 33.7 Å². The van der Waals surface area contributed by atoms with Crippen molar-refractivity contribution in [2.24, 2.45) is 0 Å². The molecule has 3 heterocycles. The van der Waals surface area contributed by atoms with E-state index in [9.17, 15) is 19.5 Å². The average Bonchev–Trinajstić information content (AvgIpc) is 3.04. The molecule has 2 atom stereocenters. The van der Waals surface area contributed by atoms with Crippen LogP contribution in [-0.4, -0.2) is 89.7 Å². The van der Waals surface area contributed by atoms with Gasteiger partial charge in [-0.2, -0.15) is 0 Å². The largest absolute Gasteiger partial charge is 0.493 e. The van der Waals surface area contributed by atoms with Crippen molar-refractivity contribution >= 4 is 17.7 Å². The Morgan fingerprint density at radius 1 is 1.14 bits per heavy atom. The first-order valence-electron chi connectivity index (χ1n) is 14.9. The summed E-state index contributed by atoms with van der Waals surface area (Å²) in [5.41, 5.74) is 2.04. The minimum absolute atomic E-state index is 0.0181. The molecule has 2 N–H and O–H groups in total. The monoisotopic (exact) mass is 602 g/mol. The number of hydrogen-bond donors (Lipinski definition) is 2. The number of aromatic nitrogens is 1. The van der Waals surface area contributed by atoms with E-state index >= 15 is 0 Å². The Morgan fingerprint density at radius 3 is 2.82 bits per heavy atom. The number of amides is 3. The molecule has 0 radical (unpaired) electrons. The molecule has 44 heavy (non-hydrogen) atoms. The molecule has 3 amide bonds. The summed E-state index contributed by atoms with van der Waals surface area (Å²) >= 11 is 0. The van der Waals surface area contributed by atoms with Gasteiger partial charge >= 0.3 is 0 Å². The van der Waals surface area contributed by atoms with Crippen LogP contribution in [0.25, 0.3) is 0 Å². The lowest BCUT2D eigenvalue weighted by Crippen LogP contribution is -2.58. The maximum Gasteiger partial charge on any atom is 0.254 e. The molecule has 5 rings (SSSR count). The number of rotatable bonds is 7. The van der Waals surface area contributed by atoms with Gasteiger partial charge in [0.15, 0.2) is 11.5 Å². The molecule has 2 aromatic carbocycles. The number of ether oxygens (including phenoxy) is 3. The van der Waals surface area contributed by atoms with Gasteiger partial charge < -0.3 is 34.4 Å². The van der Waals surface area contributed by atoms with Gasteiger partial charge in [0.2, 0.25) is 11.8 Å². The number of fused-ring (bicyclic) bond motifs is 5. The summed E-state index contributed by atoms with van der Waals surface area (Å²) in [6, 6.07) is 17.5. The Morgan fingerprint density at radius 2 is 2.02 bits per heavy atom. The summed E-state index contributed by atoms with van der Waals surface area (Å²) in [5.74, 6) is 0.580. The molecule has 2 aliphatic heterocycles. The van der Waals surface area contributed by atoms with Crippen molar-refractivity contribution in [3.8, 4) is 17.2 Å². The lowest BCUT2D eigenvalue weighted by atomic mass is 10.0. The summed E-state index contributed by atoms with van der Waals surface area (Å²) in [5, 5.41) is 12.5. The van der Waals surface area contributed by atoms with Crippen LogP contribution < -0.4 is 14.8 Å². The molecule has 0 unspecified atom stereocenters. The molecule has 3 aromatic rings. The summed E-state index contributed by atoms with van der Waals surface area (Å²) < 4.78 is 18.0. The number of methoxy groups -OCH3 is 1. The number of pyridine rings is 1. The Labute approximate surface area is 256 Å². The quantitative estimate of drug-likeness (QED) is 0.422. The second kappa shape index (κ2) is 14.8. The number of nitrogens with one attached hydrogen (secondary N) is 1. The van der Waals surface area contributed by atoms with Crippen LogP contribution in [0.3, 0.4) is 0 Å². The smallest absolute Gasteiger partial charge is 0.254 e. The van der Waals surface area contributed by atoms with E-state index < -0.39 is 6.04 Å². The highest BCUT2D eigenvalue weighted by Gasteiger charge is 2.34. The minimum atomic E-state index is -0.482. The maximum atomic E-state index is 13.6. The summed E-state index contributed by atoms with van der Waals surface area (Å²) in [4.78, 5) is 47.7. The third kappa shape index (κ3) is 7.91. The van der Waals surface area contributed by atoms with E-state index in [0.717, 1.165) is 11.3 Å². The lowest BCUT2D eigenvalue weighted by molar-refractivity contribution is -0.137. The fourth-order valence-corrected chi connectivity index (χ4v) is 5.48. The molecular weight excluding hydrogens is 564 g/mol. The first-order chi connectivity index (χ1) is 21.4. The third-order valence-corrected chi connectivity index (χ3v) is 7.78. The zero-order chi connectivity index (χ0) is 30.9. The van der Waals surface area contributed by atoms with Gasteiger partial charge in [0, 0.05) is 50.1 Å². The zero-order valence-corrected chi connectivity index (χ0v) is 24.8. The number of aliphatic hydroxyl groups excluding tert-OH is 1. The summed E-state index contributed by atoms with van der Waals surface area (Å²) in [6.07, 6.45) is 3.03. The van der Waals surface area contributed by atoms with E-state index in [1.54, 1.807) is 29.3 Å². The van der Waals surface area contributed by atoms with Crippen molar-refractivity contribution in [3.63, 3.8) is 0 Å². The Kier molecular flexibility index (Phi) is 10.4. The molecule has 1 fully saturated rings. The molecular formula is C33H38N4O7. The van der Waals surface area contributed by atoms with Crippen LogP contribution in [0, 0.1) is 0 Å². The molecule has 11 heteroatoms. The van der Waals surface area contributed by atoms with Crippen LogP contribution in [0.15, 0.2) is 66.9 Å². The van der Waals surface area contributed by atoms with Gasteiger partial charge in [0.25, 0.3) is 5.91 Å². The molecule has 0 aliphatic carbocycles. The van der Waals surface area contributed by atoms with Crippen molar-refractivity contribution in [2.75, 3.05) is 39.9 Å². The second-order valence-corrected chi connectivity index (χ2v) is 10.9. The second-order valence-electron chi connectivity index (χ2n) is 10.9. The average molecular weight is 603 g/mol. The molecule has 1 saturated heterocycles. The molecule has 2 aliphatic rings. The Balaban J connectivity index is 1.39. The van der Waals surface area contributed by atoms with Gasteiger partial charge in [-0.15, -0.1) is 0 Å². The molecule has 4 bridgehead atoms. The highest BCUT2D eigenvalue weighted by molar-refractivity contribution is 5.97. The first kappa shape index (κ1) is 31.0. The fraction of sp³-hybridized carbons (Fsp3) is 0.394. The first-order valence-corrected chi connectivity index (χ1v) is 14.9. The van der Waals surface area contributed by atoms with Gasteiger partial charge in [0.05, 0.1) is 32.4 Å². The van der Waals surface area contributed by atoms with E-state index in [-0.39, 0.29) is 56.7 Å². The molecule has 232 valence electrons. The Bertz CT molecular complexity index is 1450. The Hall–Kier alpha value is -4.48. The van der Waals surface area contributed by atoms with Gasteiger partial charge in [-0.1, -0.05) is 18.2 Å². The van der Waals surface area contributed by atoms with Gasteiger partial charge in [0.1, 0.15) is 5.75 Å². The third-order valence-electron chi connectivity index (χ3n) is 7.78.